The van der Waals surface area contributed by atoms with E-state index in [1.54, 1.807) is 12.1 Å². The van der Waals surface area contributed by atoms with Crippen molar-refractivity contribution in [3.05, 3.63) is 107 Å². The van der Waals surface area contributed by atoms with Gasteiger partial charge in [0.25, 0.3) is 5.88 Å². The summed E-state index contributed by atoms with van der Waals surface area (Å²) in [5, 5.41) is 9.98. The number of ether oxygens (including phenoxy) is 1. The lowest BCUT2D eigenvalue weighted by atomic mass is 10.0. The molecule has 0 aliphatic carbocycles. The summed E-state index contributed by atoms with van der Waals surface area (Å²) in [6, 6.07) is 22.5. The third-order valence-corrected chi connectivity index (χ3v) is 6.91. The van der Waals surface area contributed by atoms with Crippen LogP contribution in [0.4, 0.5) is 14.6 Å². The van der Waals surface area contributed by atoms with E-state index in [4.69, 9.17) is 10.5 Å². The van der Waals surface area contributed by atoms with Gasteiger partial charge in [0.2, 0.25) is 0 Å². The Morgan fingerprint density at radius 1 is 0.975 bits per heavy atom. The second kappa shape index (κ2) is 11.8. The molecule has 0 spiro atoms. The molecular weight excluding hydrogens is 514 g/mol. The Morgan fingerprint density at radius 3 is 2.50 bits per heavy atom. The topological polar surface area (TPSA) is 91.9 Å². The number of hydrogen-bond donors (Lipinski definition) is 2. The van der Waals surface area contributed by atoms with E-state index in [1.807, 2.05) is 72.5 Å². The molecule has 1 atom stereocenters. The maximum Gasteiger partial charge on any atom is 0.327 e. The molecule has 1 unspecified atom stereocenters. The van der Waals surface area contributed by atoms with Gasteiger partial charge in [-0.1, -0.05) is 54.6 Å². The van der Waals surface area contributed by atoms with Crippen LogP contribution < -0.4 is 15.4 Å². The van der Waals surface area contributed by atoms with Crippen LogP contribution in [0, 0.1) is 18.6 Å². The lowest BCUT2D eigenvalue weighted by Crippen LogP contribution is -2.56. The molecule has 0 amide bonds. The second-order valence-electron chi connectivity index (χ2n) is 9.89. The van der Waals surface area contributed by atoms with Gasteiger partial charge in [0.15, 0.2) is 17.5 Å². The Hall–Kier alpha value is -4.34. The van der Waals surface area contributed by atoms with E-state index in [1.165, 1.54) is 4.90 Å². The number of rotatable bonds is 8. The van der Waals surface area contributed by atoms with Gasteiger partial charge in [0, 0.05) is 38.8 Å². The van der Waals surface area contributed by atoms with Crippen molar-refractivity contribution >= 4 is 11.8 Å². The molecule has 206 valence electrons. The van der Waals surface area contributed by atoms with Crippen LogP contribution in [0.2, 0.25) is 0 Å². The van der Waals surface area contributed by atoms with Crippen LogP contribution in [0.25, 0.3) is 11.1 Å². The zero-order valence-electron chi connectivity index (χ0n) is 22.1. The number of nitrogens with zero attached hydrogens (tertiary/aromatic N) is 3. The minimum absolute atomic E-state index is 0.155. The van der Waals surface area contributed by atoms with Crippen molar-refractivity contribution in [1.29, 1.82) is 0 Å². The molecule has 2 heterocycles. The molecular formula is C31H30F2N4O3. The van der Waals surface area contributed by atoms with Crippen LogP contribution in [0.3, 0.4) is 0 Å². The predicted octanol–water partition coefficient (Wildman–Crippen LogP) is 5.36. The van der Waals surface area contributed by atoms with E-state index in [0.717, 1.165) is 27.8 Å². The molecule has 1 saturated heterocycles. The van der Waals surface area contributed by atoms with Gasteiger partial charge >= 0.3 is 5.97 Å². The van der Waals surface area contributed by atoms with Gasteiger partial charge in [0.1, 0.15) is 11.8 Å². The minimum Gasteiger partial charge on any atom is -0.480 e. The molecule has 0 saturated carbocycles. The Bertz CT molecular complexity index is 1520. The van der Waals surface area contributed by atoms with E-state index < -0.39 is 29.5 Å². The van der Waals surface area contributed by atoms with Crippen molar-refractivity contribution in [1.82, 2.24) is 9.88 Å². The van der Waals surface area contributed by atoms with E-state index in [-0.39, 0.29) is 18.9 Å². The van der Waals surface area contributed by atoms with Crippen LogP contribution in [0.5, 0.6) is 11.6 Å². The van der Waals surface area contributed by atoms with Crippen LogP contribution >= 0.6 is 0 Å². The number of aryl methyl sites for hydroxylation is 1. The average molecular weight is 545 g/mol. The predicted molar refractivity (Wildman–Crippen MR) is 149 cm³/mol. The third-order valence-electron chi connectivity index (χ3n) is 6.91. The van der Waals surface area contributed by atoms with Crippen molar-refractivity contribution in [3.63, 3.8) is 0 Å². The number of pyridine rings is 1. The monoisotopic (exact) mass is 544 g/mol. The summed E-state index contributed by atoms with van der Waals surface area (Å²) < 4.78 is 35.7. The fourth-order valence-corrected chi connectivity index (χ4v) is 4.97. The number of halogens is 2. The number of piperazine rings is 1. The highest BCUT2D eigenvalue weighted by atomic mass is 19.1. The highest BCUT2D eigenvalue weighted by Crippen LogP contribution is 2.33. The molecule has 3 aromatic carbocycles. The van der Waals surface area contributed by atoms with Crippen LogP contribution in [-0.4, -0.2) is 46.6 Å². The summed E-state index contributed by atoms with van der Waals surface area (Å²) in [5.74, 6) is -3.42. The quantitative estimate of drug-likeness (QED) is 0.309. The zero-order chi connectivity index (χ0) is 28.2. The standard InChI is InChI=1S/C31H30F2N4O3/c1-20-12-24(23-9-5-8-22(14-23)17-34)15-25(13-20)40-30-27(33)16-26(32)29(35-30)37-11-10-36(19-28(37)31(38)39)18-21-6-3-2-4-7-21/h2-9,12-16,28H,10-11,17-19,34H2,1H3,(H,38,39). The van der Waals surface area contributed by atoms with Crippen LogP contribution in [-0.2, 0) is 17.9 Å². The van der Waals surface area contributed by atoms with Crippen molar-refractivity contribution in [3.8, 4) is 22.8 Å². The summed E-state index contributed by atoms with van der Waals surface area (Å²) >= 11 is 0. The average Bonchev–Trinajstić information content (AvgIpc) is 2.95. The molecule has 1 aliphatic rings. The molecule has 40 heavy (non-hydrogen) atoms. The van der Waals surface area contributed by atoms with E-state index in [9.17, 15) is 14.3 Å². The van der Waals surface area contributed by atoms with E-state index in [0.29, 0.717) is 31.5 Å². The number of carbonyl (C=O) groups is 1. The van der Waals surface area contributed by atoms with Gasteiger partial charge in [-0.25, -0.2) is 13.6 Å². The summed E-state index contributed by atoms with van der Waals surface area (Å²) in [4.78, 5) is 19.7. The fraction of sp³-hybridized carbons (Fsp3) is 0.226. The Labute approximate surface area is 231 Å². The molecule has 9 heteroatoms. The molecule has 4 aromatic rings. The number of carboxylic acids is 1. The maximum absolute atomic E-state index is 15.0. The van der Waals surface area contributed by atoms with Gasteiger partial charge < -0.3 is 20.5 Å². The molecule has 0 bridgehead atoms. The second-order valence-corrected chi connectivity index (χ2v) is 9.89. The Morgan fingerprint density at radius 2 is 1.75 bits per heavy atom. The first-order chi connectivity index (χ1) is 19.3. The van der Waals surface area contributed by atoms with Crippen molar-refractivity contribution in [2.24, 2.45) is 5.73 Å². The first-order valence-corrected chi connectivity index (χ1v) is 13.0. The normalized spacial score (nSPS) is 15.7. The van der Waals surface area contributed by atoms with Gasteiger partial charge in [-0.05, 0) is 52.9 Å². The number of anilines is 1. The number of carboxylic acid groups (broad SMARTS) is 1. The Kier molecular flexibility index (Phi) is 8.04. The van der Waals surface area contributed by atoms with Gasteiger partial charge in [-0.2, -0.15) is 4.98 Å². The summed E-state index contributed by atoms with van der Waals surface area (Å²) in [6.45, 7) is 3.68. The molecule has 3 N–H and O–H groups in total. The van der Waals surface area contributed by atoms with E-state index in [2.05, 4.69) is 4.98 Å². The summed E-state index contributed by atoms with van der Waals surface area (Å²) in [7, 11) is 0. The smallest absolute Gasteiger partial charge is 0.327 e. The number of aromatic nitrogens is 1. The van der Waals surface area contributed by atoms with Crippen molar-refractivity contribution in [2.75, 3.05) is 24.5 Å². The van der Waals surface area contributed by atoms with Crippen molar-refractivity contribution < 1.29 is 23.4 Å². The minimum atomic E-state index is -1.12. The third kappa shape index (κ3) is 6.11. The number of nitrogens with two attached hydrogens (primary N) is 1. The molecule has 7 nitrogen and oxygen atoms in total. The maximum atomic E-state index is 15.0. The molecule has 0 radical (unpaired) electrons. The van der Waals surface area contributed by atoms with Crippen LogP contribution in [0.15, 0.2) is 78.9 Å². The van der Waals surface area contributed by atoms with E-state index >= 15 is 4.39 Å². The molecule has 5 rings (SSSR count). The highest BCUT2D eigenvalue weighted by molar-refractivity contribution is 5.78. The fourth-order valence-electron chi connectivity index (χ4n) is 4.97. The SMILES string of the molecule is Cc1cc(Oc2nc(N3CCN(Cc4ccccc4)CC3C(=O)O)c(F)cc2F)cc(-c2cccc(CN)c2)c1. The first kappa shape index (κ1) is 27.2. The molecule has 1 aliphatic heterocycles. The summed E-state index contributed by atoms with van der Waals surface area (Å²) in [6.07, 6.45) is 0. The zero-order valence-corrected chi connectivity index (χ0v) is 22.1. The summed E-state index contributed by atoms with van der Waals surface area (Å²) in [5.41, 5.74) is 10.4. The lowest BCUT2D eigenvalue weighted by Gasteiger charge is -2.40. The van der Waals surface area contributed by atoms with Crippen LogP contribution in [0.1, 0.15) is 16.7 Å². The first-order valence-electron chi connectivity index (χ1n) is 13.0. The number of aliphatic carboxylic acids is 1. The largest absolute Gasteiger partial charge is 0.480 e. The van der Waals surface area contributed by atoms with Gasteiger partial charge in [-0.3, -0.25) is 4.90 Å². The molecule has 1 fully saturated rings. The van der Waals surface area contributed by atoms with Crippen molar-refractivity contribution in [2.45, 2.75) is 26.1 Å². The number of hydrogen-bond acceptors (Lipinski definition) is 6. The Balaban J connectivity index is 1.41. The van der Waals surface area contributed by atoms with Gasteiger partial charge in [-0.15, -0.1) is 0 Å². The lowest BCUT2D eigenvalue weighted by molar-refractivity contribution is -0.139. The van der Waals surface area contributed by atoms with Gasteiger partial charge in [0.05, 0.1) is 0 Å². The molecule has 1 aromatic heterocycles. The number of benzene rings is 3. The highest BCUT2D eigenvalue weighted by Gasteiger charge is 2.35.